The highest BCUT2D eigenvalue weighted by molar-refractivity contribution is 5.46. The smallest absolute Gasteiger partial charge is 0.360 e. The summed E-state index contributed by atoms with van der Waals surface area (Å²) in [5.74, 6) is -1.95. The van der Waals surface area contributed by atoms with Crippen molar-refractivity contribution < 1.29 is 17.6 Å². The molecular weight excluding hydrogens is 188 g/mol. The SMILES string of the molecule is [C-]#[N+]c1ncc(F)cc1C(F)(F)F. The molecule has 0 bridgehead atoms. The zero-order valence-corrected chi connectivity index (χ0v) is 6.06. The van der Waals surface area contributed by atoms with Crippen molar-refractivity contribution in [1.29, 1.82) is 0 Å². The molecule has 0 atom stereocenters. The van der Waals surface area contributed by atoms with E-state index in [1.165, 1.54) is 0 Å². The highest BCUT2D eigenvalue weighted by Crippen LogP contribution is 2.35. The van der Waals surface area contributed by atoms with E-state index in [0.717, 1.165) is 0 Å². The summed E-state index contributed by atoms with van der Waals surface area (Å²) in [5, 5.41) is 0. The fourth-order valence-corrected chi connectivity index (χ4v) is 0.730. The van der Waals surface area contributed by atoms with Crippen LogP contribution in [0.1, 0.15) is 5.56 Å². The van der Waals surface area contributed by atoms with Gasteiger partial charge in [-0.05, 0) is 6.07 Å². The third-order valence-electron chi connectivity index (χ3n) is 1.24. The number of halogens is 4. The van der Waals surface area contributed by atoms with E-state index in [9.17, 15) is 17.6 Å². The third-order valence-corrected chi connectivity index (χ3v) is 1.24. The molecule has 0 aromatic carbocycles. The van der Waals surface area contributed by atoms with Crippen LogP contribution in [-0.2, 0) is 6.18 Å². The Bertz CT molecular complexity index is 364. The Hall–Kier alpha value is -1.64. The van der Waals surface area contributed by atoms with Crippen LogP contribution in [0.25, 0.3) is 4.85 Å². The van der Waals surface area contributed by atoms with E-state index in [4.69, 9.17) is 6.57 Å². The minimum Gasteiger partial charge on any atom is -0.360 e. The largest absolute Gasteiger partial charge is 0.409 e. The molecule has 0 aliphatic heterocycles. The van der Waals surface area contributed by atoms with Crippen LogP contribution in [-0.4, -0.2) is 4.98 Å². The zero-order chi connectivity index (χ0) is 10.1. The van der Waals surface area contributed by atoms with Gasteiger partial charge in [0, 0.05) is 0 Å². The average molecular weight is 190 g/mol. The van der Waals surface area contributed by atoms with E-state index >= 15 is 0 Å². The number of rotatable bonds is 0. The molecule has 0 radical (unpaired) electrons. The molecule has 13 heavy (non-hydrogen) atoms. The van der Waals surface area contributed by atoms with Gasteiger partial charge in [-0.15, -0.1) is 4.98 Å². The second kappa shape index (κ2) is 3.01. The van der Waals surface area contributed by atoms with Gasteiger partial charge in [-0.3, -0.25) is 0 Å². The number of alkyl halides is 3. The number of hydrogen-bond acceptors (Lipinski definition) is 1. The maximum absolute atomic E-state index is 12.3. The van der Waals surface area contributed by atoms with Crippen molar-refractivity contribution in [3.63, 3.8) is 0 Å². The summed E-state index contributed by atoms with van der Waals surface area (Å²) >= 11 is 0. The second-order valence-electron chi connectivity index (χ2n) is 2.13. The summed E-state index contributed by atoms with van der Waals surface area (Å²) in [5.41, 5.74) is -1.34. The normalized spacial score (nSPS) is 11.0. The first-order valence-corrected chi connectivity index (χ1v) is 3.05. The number of hydrogen-bond donors (Lipinski definition) is 0. The van der Waals surface area contributed by atoms with E-state index in [-0.39, 0.29) is 6.07 Å². The van der Waals surface area contributed by atoms with E-state index < -0.39 is 23.4 Å². The molecule has 0 fully saturated rings. The topological polar surface area (TPSA) is 17.2 Å². The van der Waals surface area contributed by atoms with Crippen LogP contribution in [0.4, 0.5) is 23.4 Å². The van der Waals surface area contributed by atoms with Gasteiger partial charge in [0.05, 0.1) is 5.56 Å². The quantitative estimate of drug-likeness (QED) is 0.454. The van der Waals surface area contributed by atoms with Crippen LogP contribution in [0.3, 0.4) is 0 Å². The molecule has 0 saturated carbocycles. The van der Waals surface area contributed by atoms with E-state index in [2.05, 4.69) is 9.83 Å². The summed E-state index contributed by atoms with van der Waals surface area (Å²) in [6.45, 7) is 6.38. The zero-order valence-electron chi connectivity index (χ0n) is 6.06. The van der Waals surface area contributed by atoms with Crippen LogP contribution in [0.15, 0.2) is 12.3 Å². The van der Waals surface area contributed by atoms with E-state index in [0.29, 0.717) is 6.20 Å². The predicted octanol–water partition coefficient (Wildman–Crippen LogP) is 2.79. The van der Waals surface area contributed by atoms with Crippen LogP contribution >= 0.6 is 0 Å². The van der Waals surface area contributed by atoms with Crippen molar-refractivity contribution in [1.82, 2.24) is 4.98 Å². The maximum atomic E-state index is 12.3. The highest BCUT2D eigenvalue weighted by atomic mass is 19.4. The molecular formula is C7H2F4N2. The Morgan fingerprint density at radius 1 is 1.38 bits per heavy atom. The molecule has 0 spiro atoms. The van der Waals surface area contributed by atoms with Gasteiger partial charge in [-0.2, -0.15) is 13.2 Å². The van der Waals surface area contributed by atoms with Crippen LogP contribution < -0.4 is 0 Å². The molecule has 1 heterocycles. The first kappa shape index (κ1) is 9.45. The number of nitrogens with zero attached hydrogens (tertiary/aromatic N) is 2. The molecule has 0 N–H and O–H groups in total. The molecule has 6 heteroatoms. The molecule has 1 aromatic heterocycles. The number of pyridine rings is 1. The van der Waals surface area contributed by atoms with Crippen LogP contribution in [0.2, 0.25) is 0 Å². The minimum absolute atomic E-state index is 0.250. The molecule has 1 rings (SSSR count). The van der Waals surface area contributed by atoms with Crippen molar-refractivity contribution in [2.24, 2.45) is 0 Å². The predicted molar refractivity (Wildman–Crippen MR) is 35.5 cm³/mol. The lowest BCUT2D eigenvalue weighted by molar-refractivity contribution is -0.137. The van der Waals surface area contributed by atoms with E-state index in [1.54, 1.807) is 0 Å². The molecule has 0 amide bonds. The highest BCUT2D eigenvalue weighted by Gasteiger charge is 2.34. The molecule has 0 aliphatic carbocycles. The van der Waals surface area contributed by atoms with Crippen molar-refractivity contribution >= 4 is 5.82 Å². The third kappa shape index (κ3) is 1.93. The lowest BCUT2D eigenvalue weighted by atomic mass is 10.2. The van der Waals surface area contributed by atoms with Gasteiger partial charge >= 0.3 is 6.18 Å². The second-order valence-corrected chi connectivity index (χ2v) is 2.13. The minimum atomic E-state index is -4.74. The Kier molecular flexibility index (Phi) is 2.19. The summed E-state index contributed by atoms with van der Waals surface area (Å²) in [7, 11) is 0. The lowest BCUT2D eigenvalue weighted by Gasteiger charge is -2.06. The van der Waals surface area contributed by atoms with Gasteiger partial charge in [0.25, 0.3) is 5.82 Å². The van der Waals surface area contributed by atoms with Crippen LogP contribution in [0, 0.1) is 12.4 Å². The molecule has 0 saturated heterocycles. The fraction of sp³-hybridized carbons (Fsp3) is 0.143. The Balaban J connectivity index is 3.35. The van der Waals surface area contributed by atoms with Crippen LogP contribution in [0.5, 0.6) is 0 Å². The summed E-state index contributed by atoms with van der Waals surface area (Å²) in [6, 6.07) is 0.250. The van der Waals surface area contributed by atoms with Gasteiger partial charge in [0.2, 0.25) is 0 Å². The monoisotopic (exact) mass is 190 g/mol. The first-order chi connectivity index (χ1) is 5.95. The molecule has 1 aromatic rings. The van der Waals surface area contributed by atoms with Crippen molar-refractivity contribution in [2.75, 3.05) is 0 Å². The fourth-order valence-electron chi connectivity index (χ4n) is 0.730. The van der Waals surface area contributed by atoms with Gasteiger partial charge in [0.1, 0.15) is 0 Å². The first-order valence-electron chi connectivity index (χ1n) is 3.05. The lowest BCUT2D eigenvalue weighted by Crippen LogP contribution is -2.06. The number of aromatic nitrogens is 1. The van der Waals surface area contributed by atoms with E-state index in [1.807, 2.05) is 0 Å². The van der Waals surface area contributed by atoms with Crippen molar-refractivity contribution in [3.05, 3.63) is 35.1 Å². The standard InChI is InChI=1S/C7H2F4N2/c1-12-6-5(7(9,10)11)2-4(8)3-13-6/h2-3H. The molecule has 68 valence electrons. The van der Waals surface area contributed by atoms with Crippen molar-refractivity contribution in [3.8, 4) is 0 Å². The average Bonchev–Trinajstić information content (AvgIpc) is 2.03. The Morgan fingerprint density at radius 2 is 2.00 bits per heavy atom. The van der Waals surface area contributed by atoms with Gasteiger partial charge in [-0.25, -0.2) is 4.39 Å². The van der Waals surface area contributed by atoms with Gasteiger partial charge in [-0.1, -0.05) is 6.57 Å². The molecule has 0 unspecified atom stereocenters. The maximum Gasteiger partial charge on any atom is 0.409 e. The summed E-state index contributed by atoms with van der Waals surface area (Å²) < 4.78 is 48.5. The Morgan fingerprint density at radius 3 is 2.46 bits per heavy atom. The Labute approximate surface area is 70.6 Å². The summed E-state index contributed by atoms with van der Waals surface area (Å²) in [4.78, 5) is 5.54. The van der Waals surface area contributed by atoms with Gasteiger partial charge in [0.15, 0.2) is 12.0 Å². The molecule has 2 nitrogen and oxygen atoms in total. The van der Waals surface area contributed by atoms with Gasteiger partial charge < -0.3 is 4.85 Å². The molecule has 0 aliphatic rings. The van der Waals surface area contributed by atoms with Crippen molar-refractivity contribution in [2.45, 2.75) is 6.18 Å². The summed E-state index contributed by atoms with van der Waals surface area (Å²) in [6.07, 6.45) is -4.17.